The molecule has 0 radical (unpaired) electrons. The zero-order chi connectivity index (χ0) is 21.5. The molecule has 0 aliphatic carbocycles. The third-order valence-electron chi connectivity index (χ3n) is 4.53. The maximum Gasteiger partial charge on any atom is 0.411 e. The van der Waals surface area contributed by atoms with Crippen molar-refractivity contribution in [3.05, 3.63) is 35.9 Å². The maximum atomic E-state index is 13.4. The summed E-state index contributed by atoms with van der Waals surface area (Å²) >= 11 is 0. The van der Waals surface area contributed by atoms with Crippen LogP contribution in [-0.4, -0.2) is 62.7 Å². The number of amides is 1. The predicted octanol–water partition coefficient (Wildman–Crippen LogP) is 2.41. The second kappa shape index (κ2) is 7.51. The number of rotatable bonds is 4. The Kier molecular flexibility index (Phi) is 5.01. The Labute approximate surface area is 164 Å². The number of halogens is 5. The average Bonchev–Trinajstić information content (AvgIpc) is 3.33. The minimum atomic E-state index is -4.54. The van der Waals surface area contributed by atoms with Crippen molar-refractivity contribution in [3.63, 3.8) is 0 Å². The predicted molar refractivity (Wildman–Crippen MR) is 92.5 cm³/mol. The van der Waals surface area contributed by atoms with Crippen LogP contribution in [0.3, 0.4) is 0 Å². The van der Waals surface area contributed by atoms with Crippen molar-refractivity contribution in [3.8, 4) is 0 Å². The SMILES string of the molecule is O=C(Nc1cn[nH]c1C(F)F)c1cnn2ccc(N3CCOCC3C(F)(F)F)nc12. The second-order valence-corrected chi connectivity index (χ2v) is 6.39. The number of aromatic nitrogens is 5. The lowest BCUT2D eigenvalue weighted by Crippen LogP contribution is -2.54. The molecule has 0 aromatic carbocycles. The Balaban J connectivity index is 1.66. The molecular formula is C16H14F5N7O2. The molecule has 1 atom stereocenters. The number of nitrogens with one attached hydrogen (secondary N) is 2. The Hall–Kier alpha value is -3.29. The molecule has 14 heteroatoms. The van der Waals surface area contributed by atoms with Crippen LogP contribution in [0.5, 0.6) is 0 Å². The Morgan fingerprint density at radius 3 is 2.87 bits per heavy atom. The van der Waals surface area contributed by atoms with Gasteiger partial charge in [0.05, 0.1) is 31.3 Å². The van der Waals surface area contributed by atoms with Crippen LogP contribution >= 0.6 is 0 Å². The van der Waals surface area contributed by atoms with Crippen LogP contribution in [0.1, 0.15) is 22.5 Å². The highest BCUT2D eigenvalue weighted by atomic mass is 19.4. The Morgan fingerprint density at radius 1 is 1.33 bits per heavy atom. The summed E-state index contributed by atoms with van der Waals surface area (Å²) in [5.74, 6) is -0.827. The van der Waals surface area contributed by atoms with Crippen molar-refractivity contribution in [2.24, 2.45) is 0 Å². The fourth-order valence-corrected chi connectivity index (χ4v) is 3.08. The Morgan fingerprint density at radius 2 is 2.13 bits per heavy atom. The largest absolute Gasteiger partial charge is 0.411 e. The number of anilines is 2. The fraction of sp³-hybridized carbons (Fsp3) is 0.375. The van der Waals surface area contributed by atoms with Crippen molar-refractivity contribution < 1.29 is 31.5 Å². The summed E-state index contributed by atoms with van der Waals surface area (Å²) < 4.78 is 72.1. The van der Waals surface area contributed by atoms with Gasteiger partial charge in [-0.05, 0) is 6.07 Å². The van der Waals surface area contributed by atoms with E-state index < -0.39 is 36.9 Å². The first-order valence-electron chi connectivity index (χ1n) is 8.64. The molecule has 1 aliphatic heterocycles. The van der Waals surface area contributed by atoms with Crippen LogP contribution in [0.2, 0.25) is 0 Å². The number of alkyl halides is 5. The van der Waals surface area contributed by atoms with Gasteiger partial charge >= 0.3 is 6.18 Å². The average molecular weight is 431 g/mol. The molecule has 1 saturated heterocycles. The van der Waals surface area contributed by atoms with Gasteiger partial charge in [-0.15, -0.1) is 0 Å². The van der Waals surface area contributed by atoms with E-state index in [1.165, 1.54) is 16.8 Å². The molecule has 1 aliphatic rings. The summed E-state index contributed by atoms with van der Waals surface area (Å²) in [6.45, 7) is -0.501. The first-order valence-corrected chi connectivity index (χ1v) is 8.64. The highest BCUT2D eigenvalue weighted by Gasteiger charge is 2.46. The molecule has 9 nitrogen and oxygen atoms in total. The molecule has 3 aromatic heterocycles. The van der Waals surface area contributed by atoms with E-state index in [-0.39, 0.29) is 35.9 Å². The summed E-state index contributed by atoms with van der Waals surface area (Å²) in [5.41, 5.74) is -0.930. The third kappa shape index (κ3) is 3.65. The van der Waals surface area contributed by atoms with Crippen LogP contribution in [0.4, 0.5) is 33.5 Å². The summed E-state index contributed by atoms with van der Waals surface area (Å²) in [7, 11) is 0. The van der Waals surface area contributed by atoms with E-state index in [9.17, 15) is 26.7 Å². The van der Waals surface area contributed by atoms with E-state index in [4.69, 9.17) is 4.74 Å². The normalized spacial score (nSPS) is 17.7. The zero-order valence-electron chi connectivity index (χ0n) is 15.0. The van der Waals surface area contributed by atoms with E-state index in [1.807, 2.05) is 0 Å². The van der Waals surface area contributed by atoms with Gasteiger partial charge in [0.2, 0.25) is 0 Å². The van der Waals surface area contributed by atoms with E-state index in [1.54, 1.807) is 0 Å². The maximum absolute atomic E-state index is 13.4. The first-order chi connectivity index (χ1) is 14.3. The van der Waals surface area contributed by atoms with E-state index in [0.29, 0.717) is 0 Å². The lowest BCUT2D eigenvalue weighted by atomic mass is 10.2. The standard InChI is InChI=1S/C16H14F5N7O2/c17-13(18)12-9(6-22-26-12)24-15(29)8-5-23-28-2-1-11(25-14(8)28)27-3-4-30-7-10(27)16(19,20)21/h1-2,5-6,10,13H,3-4,7H2,(H,22,26)(H,24,29). The van der Waals surface area contributed by atoms with Gasteiger partial charge in [0.15, 0.2) is 5.65 Å². The minimum absolute atomic E-state index is 0.0146. The number of carbonyl (C=O) groups is 1. The molecule has 0 saturated carbocycles. The highest BCUT2D eigenvalue weighted by Crippen LogP contribution is 2.30. The quantitative estimate of drug-likeness (QED) is 0.616. The molecule has 0 spiro atoms. The van der Waals surface area contributed by atoms with Crippen molar-refractivity contribution in [1.82, 2.24) is 24.8 Å². The van der Waals surface area contributed by atoms with Crippen LogP contribution in [-0.2, 0) is 4.74 Å². The van der Waals surface area contributed by atoms with Crippen molar-refractivity contribution in [2.45, 2.75) is 18.6 Å². The van der Waals surface area contributed by atoms with Gasteiger partial charge in [0.1, 0.15) is 23.1 Å². The smallest absolute Gasteiger partial charge is 0.377 e. The number of H-pyrrole nitrogens is 1. The topological polar surface area (TPSA) is 100 Å². The summed E-state index contributed by atoms with van der Waals surface area (Å²) in [5, 5.41) is 11.8. The molecule has 160 valence electrons. The molecule has 3 aromatic rings. The molecule has 1 fully saturated rings. The van der Waals surface area contributed by atoms with E-state index >= 15 is 0 Å². The Bertz CT molecular complexity index is 1060. The van der Waals surface area contributed by atoms with Gasteiger partial charge < -0.3 is 15.0 Å². The first kappa shape index (κ1) is 20.0. The summed E-state index contributed by atoms with van der Waals surface area (Å²) in [6, 6.07) is -0.544. The zero-order valence-corrected chi connectivity index (χ0v) is 15.0. The van der Waals surface area contributed by atoms with Gasteiger partial charge in [0, 0.05) is 12.7 Å². The number of morpholine rings is 1. The van der Waals surface area contributed by atoms with Crippen LogP contribution in [0, 0.1) is 0 Å². The number of hydrogen-bond donors (Lipinski definition) is 2. The van der Waals surface area contributed by atoms with Crippen LogP contribution in [0.25, 0.3) is 5.65 Å². The lowest BCUT2D eigenvalue weighted by molar-refractivity contribution is -0.167. The lowest BCUT2D eigenvalue weighted by Gasteiger charge is -2.37. The molecule has 30 heavy (non-hydrogen) atoms. The van der Waals surface area contributed by atoms with Crippen molar-refractivity contribution in [1.29, 1.82) is 0 Å². The monoisotopic (exact) mass is 431 g/mol. The molecule has 2 N–H and O–H groups in total. The molecule has 1 unspecified atom stereocenters. The summed E-state index contributed by atoms with van der Waals surface area (Å²) in [6.07, 6.45) is -3.91. The van der Waals surface area contributed by atoms with Gasteiger partial charge in [-0.1, -0.05) is 0 Å². The molecule has 4 heterocycles. The number of aromatic amines is 1. The van der Waals surface area contributed by atoms with Crippen LogP contribution in [0.15, 0.2) is 24.7 Å². The number of hydrogen-bond acceptors (Lipinski definition) is 6. The molecular weight excluding hydrogens is 417 g/mol. The summed E-state index contributed by atoms with van der Waals surface area (Å²) in [4.78, 5) is 17.8. The van der Waals surface area contributed by atoms with E-state index in [2.05, 4.69) is 25.6 Å². The fourth-order valence-electron chi connectivity index (χ4n) is 3.08. The number of nitrogens with zero attached hydrogens (tertiary/aromatic N) is 5. The van der Waals surface area contributed by atoms with Gasteiger partial charge in [-0.2, -0.15) is 23.4 Å². The van der Waals surface area contributed by atoms with E-state index in [0.717, 1.165) is 17.3 Å². The number of fused-ring (bicyclic) bond motifs is 1. The van der Waals surface area contributed by atoms with Crippen molar-refractivity contribution >= 4 is 23.1 Å². The molecule has 0 bridgehead atoms. The highest BCUT2D eigenvalue weighted by molar-refractivity contribution is 6.08. The van der Waals surface area contributed by atoms with Crippen LogP contribution < -0.4 is 10.2 Å². The van der Waals surface area contributed by atoms with Gasteiger partial charge in [-0.3, -0.25) is 9.89 Å². The number of ether oxygens (including phenoxy) is 1. The third-order valence-corrected chi connectivity index (χ3v) is 4.53. The number of carbonyl (C=O) groups excluding carboxylic acids is 1. The molecule has 4 rings (SSSR count). The second-order valence-electron chi connectivity index (χ2n) is 6.39. The minimum Gasteiger partial charge on any atom is -0.377 e. The molecule has 1 amide bonds. The van der Waals surface area contributed by atoms with Crippen molar-refractivity contribution in [2.75, 3.05) is 30.0 Å². The van der Waals surface area contributed by atoms with Gasteiger partial charge in [0.25, 0.3) is 12.3 Å². The van der Waals surface area contributed by atoms with Gasteiger partial charge in [-0.25, -0.2) is 18.3 Å².